The van der Waals surface area contributed by atoms with E-state index >= 15 is 0 Å². The van der Waals surface area contributed by atoms with Gasteiger partial charge in [0, 0.05) is 25.9 Å². The lowest BCUT2D eigenvalue weighted by Gasteiger charge is -2.20. The minimum Gasteiger partial charge on any atom is -0.370 e. The second kappa shape index (κ2) is 8.95. The van der Waals surface area contributed by atoms with Crippen molar-refractivity contribution in [3.63, 3.8) is 0 Å². The summed E-state index contributed by atoms with van der Waals surface area (Å²) in [6.45, 7) is 1.89. The van der Waals surface area contributed by atoms with Gasteiger partial charge in [0.25, 0.3) is 0 Å². The van der Waals surface area contributed by atoms with Gasteiger partial charge in [0.05, 0.1) is 0 Å². The molecule has 0 aromatic carbocycles. The van der Waals surface area contributed by atoms with Crippen LogP contribution >= 0.6 is 0 Å². The first-order chi connectivity index (χ1) is 8.70. The quantitative estimate of drug-likeness (QED) is 0.708. The summed E-state index contributed by atoms with van der Waals surface area (Å²) >= 11 is 0. The molecule has 0 atom stereocenters. The van der Waals surface area contributed by atoms with Gasteiger partial charge in [-0.25, -0.2) is 0 Å². The maximum atomic E-state index is 11.9. The van der Waals surface area contributed by atoms with E-state index in [9.17, 15) is 9.59 Å². The Labute approximate surface area is 110 Å². The molecule has 104 valence electrons. The van der Waals surface area contributed by atoms with E-state index in [1.165, 1.54) is 12.8 Å². The fraction of sp³-hybridized carbons (Fsp3) is 0.857. The van der Waals surface area contributed by atoms with E-state index in [1.54, 1.807) is 0 Å². The minimum atomic E-state index is -0.226. The zero-order valence-corrected chi connectivity index (χ0v) is 11.3. The second-order valence-corrected chi connectivity index (χ2v) is 5.18. The third kappa shape index (κ3) is 6.62. The van der Waals surface area contributed by atoms with Crippen LogP contribution in [-0.4, -0.2) is 29.8 Å². The molecule has 4 heteroatoms. The van der Waals surface area contributed by atoms with Gasteiger partial charge in [0.15, 0.2) is 0 Å². The van der Waals surface area contributed by atoms with Gasteiger partial charge in [0.2, 0.25) is 11.8 Å². The van der Waals surface area contributed by atoms with E-state index in [4.69, 9.17) is 5.73 Å². The van der Waals surface area contributed by atoms with E-state index in [0.717, 1.165) is 51.6 Å². The van der Waals surface area contributed by atoms with Gasteiger partial charge in [-0.3, -0.25) is 9.59 Å². The van der Waals surface area contributed by atoms with Crippen molar-refractivity contribution < 1.29 is 9.59 Å². The molecule has 0 unspecified atom stereocenters. The van der Waals surface area contributed by atoms with Crippen molar-refractivity contribution in [2.24, 2.45) is 5.73 Å². The summed E-state index contributed by atoms with van der Waals surface area (Å²) in [5.41, 5.74) is 5.07. The number of primary amides is 1. The minimum absolute atomic E-state index is 0.226. The van der Waals surface area contributed by atoms with Gasteiger partial charge < -0.3 is 10.6 Å². The molecule has 0 spiro atoms. The Kier molecular flexibility index (Phi) is 7.46. The molecule has 1 aliphatic rings. The van der Waals surface area contributed by atoms with Gasteiger partial charge in [-0.2, -0.15) is 0 Å². The van der Waals surface area contributed by atoms with Gasteiger partial charge in [-0.15, -0.1) is 0 Å². The van der Waals surface area contributed by atoms with Crippen LogP contribution in [0.3, 0.4) is 0 Å². The van der Waals surface area contributed by atoms with Crippen molar-refractivity contribution in [1.29, 1.82) is 0 Å². The Balaban J connectivity index is 2.03. The Hall–Kier alpha value is -1.06. The SMILES string of the molecule is NC(=O)CCCCCCC(=O)N1CCCCCC1. The average molecular weight is 254 g/mol. The van der Waals surface area contributed by atoms with Crippen LogP contribution in [0.5, 0.6) is 0 Å². The molecule has 1 fully saturated rings. The Morgan fingerprint density at radius 1 is 0.833 bits per heavy atom. The topological polar surface area (TPSA) is 63.4 Å². The molecular formula is C14H26N2O2. The number of amides is 2. The predicted octanol–water partition coefficient (Wildman–Crippen LogP) is 2.21. The summed E-state index contributed by atoms with van der Waals surface area (Å²) in [5.74, 6) is 0.0856. The van der Waals surface area contributed by atoms with E-state index in [0.29, 0.717) is 18.7 Å². The molecule has 0 aromatic heterocycles. The van der Waals surface area contributed by atoms with Crippen LogP contribution in [0.1, 0.15) is 64.2 Å². The molecule has 4 nitrogen and oxygen atoms in total. The monoisotopic (exact) mass is 254 g/mol. The summed E-state index contributed by atoms with van der Waals surface area (Å²) in [4.78, 5) is 24.5. The van der Waals surface area contributed by atoms with Gasteiger partial charge >= 0.3 is 0 Å². The fourth-order valence-corrected chi connectivity index (χ4v) is 2.41. The first-order valence-electron chi connectivity index (χ1n) is 7.26. The lowest BCUT2D eigenvalue weighted by molar-refractivity contribution is -0.131. The Morgan fingerprint density at radius 2 is 1.39 bits per heavy atom. The molecular weight excluding hydrogens is 228 g/mol. The highest BCUT2D eigenvalue weighted by Crippen LogP contribution is 2.12. The largest absolute Gasteiger partial charge is 0.370 e. The molecule has 0 radical (unpaired) electrons. The van der Waals surface area contributed by atoms with Crippen molar-refractivity contribution in [1.82, 2.24) is 4.90 Å². The van der Waals surface area contributed by atoms with Crippen LogP contribution in [0.4, 0.5) is 0 Å². The summed E-state index contributed by atoms with van der Waals surface area (Å²) in [7, 11) is 0. The molecule has 1 saturated heterocycles. The number of carbonyl (C=O) groups is 2. The van der Waals surface area contributed by atoms with Crippen LogP contribution in [0, 0.1) is 0 Å². The lowest BCUT2D eigenvalue weighted by Crippen LogP contribution is -2.31. The molecule has 0 aliphatic carbocycles. The van der Waals surface area contributed by atoms with Crippen LogP contribution < -0.4 is 5.73 Å². The Morgan fingerprint density at radius 3 is 1.94 bits per heavy atom. The number of hydrogen-bond donors (Lipinski definition) is 1. The van der Waals surface area contributed by atoms with E-state index in [-0.39, 0.29) is 5.91 Å². The molecule has 0 saturated carbocycles. The number of hydrogen-bond acceptors (Lipinski definition) is 2. The standard InChI is InChI=1S/C14H26N2O2/c15-13(17)9-5-1-2-6-10-14(18)16-11-7-3-4-8-12-16/h1-12H2,(H2,15,17). The summed E-state index contributed by atoms with van der Waals surface area (Å²) in [5, 5.41) is 0. The number of nitrogens with zero attached hydrogens (tertiary/aromatic N) is 1. The highest BCUT2D eigenvalue weighted by atomic mass is 16.2. The van der Waals surface area contributed by atoms with Crippen molar-refractivity contribution in [3.05, 3.63) is 0 Å². The zero-order chi connectivity index (χ0) is 13.2. The van der Waals surface area contributed by atoms with E-state index in [2.05, 4.69) is 0 Å². The van der Waals surface area contributed by atoms with Crippen LogP contribution in [0.15, 0.2) is 0 Å². The maximum Gasteiger partial charge on any atom is 0.222 e. The summed E-state index contributed by atoms with van der Waals surface area (Å²) in [6.07, 6.45) is 9.78. The summed E-state index contributed by atoms with van der Waals surface area (Å²) in [6, 6.07) is 0. The number of rotatable bonds is 7. The van der Waals surface area contributed by atoms with Crippen LogP contribution in [0.2, 0.25) is 0 Å². The molecule has 0 aromatic rings. The molecule has 18 heavy (non-hydrogen) atoms. The zero-order valence-electron chi connectivity index (χ0n) is 11.3. The van der Waals surface area contributed by atoms with Crippen molar-refractivity contribution in [2.75, 3.05) is 13.1 Å². The second-order valence-electron chi connectivity index (χ2n) is 5.18. The molecule has 2 N–H and O–H groups in total. The first-order valence-corrected chi connectivity index (χ1v) is 7.26. The van der Waals surface area contributed by atoms with Crippen LogP contribution in [0.25, 0.3) is 0 Å². The predicted molar refractivity (Wildman–Crippen MR) is 71.9 cm³/mol. The number of likely N-dealkylation sites (tertiary alicyclic amines) is 1. The third-order valence-corrected chi connectivity index (χ3v) is 3.52. The maximum absolute atomic E-state index is 11.9. The number of nitrogens with two attached hydrogens (primary N) is 1. The first kappa shape index (κ1) is 15.0. The van der Waals surface area contributed by atoms with Gasteiger partial charge in [-0.1, -0.05) is 25.7 Å². The lowest BCUT2D eigenvalue weighted by atomic mass is 10.1. The van der Waals surface area contributed by atoms with Crippen molar-refractivity contribution >= 4 is 11.8 Å². The highest BCUT2D eigenvalue weighted by molar-refractivity contribution is 5.76. The molecule has 1 rings (SSSR count). The third-order valence-electron chi connectivity index (χ3n) is 3.52. The molecule has 1 aliphatic heterocycles. The number of carbonyl (C=O) groups excluding carboxylic acids is 2. The van der Waals surface area contributed by atoms with E-state index < -0.39 is 0 Å². The van der Waals surface area contributed by atoms with Crippen LogP contribution in [-0.2, 0) is 9.59 Å². The summed E-state index contributed by atoms with van der Waals surface area (Å²) < 4.78 is 0. The average Bonchev–Trinajstić information content (AvgIpc) is 2.61. The molecule has 2 amide bonds. The Bertz CT molecular complexity index is 259. The smallest absolute Gasteiger partial charge is 0.222 e. The van der Waals surface area contributed by atoms with Crippen molar-refractivity contribution in [2.45, 2.75) is 64.2 Å². The van der Waals surface area contributed by atoms with E-state index in [1.807, 2.05) is 4.90 Å². The highest BCUT2D eigenvalue weighted by Gasteiger charge is 2.14. The van der Waals surface area contributed by atoms with Gasteiger partial charge in [0.1, 0.15) is 0 Å². The molecule has 0 bridgehead atoms. The normalized spacial score (nSPS) is 16.3. The van der Waals surface area contributed by atoms with Crippen molar-refractivity contribution in [3.8, 4) is 0 Å². The fourth-order valence-electron chi connectivity index (χ4n) is 2.41. The number of unbranched alkanes of at least 4 members (excludes halogenated alkanes) is 3. The van der Waals surface area contributed by atoms with Gasteiger partial charge in [-0.05, 0) is 25.7 Å². The molecule has 1 heterocycles.